The zero-order chi connectivity index (χ0) is 14.7. The normalized spacial score (nSPS) is 12.5. The Kier molecular flexibility index (Phi) is 4.35. The number of aliphatic hydroxyl groups excluding tert-OH is 1. The first-order chi connectivity index (χ1) is 9.52. The molecule has 0 amide bonds. The third-order valence-electron chi connectivity index (χ3n) is 2.78. The van der Waals surface area contributed by atoms with Gasteiger partial charge in [-0.1, -0.05) is 6.92 Å². The monoisotopic (exact) mass is 295 g/mol. The average molecular weight is 295 g/mol. The maximum Gasteiger partial charge on any atom is 0.283 e. The van der Waals surface area contributed by atoms with Crippen molar-refractivity contribution in [3.8, 4) is 0 Å². The van der Waals surface area contributed by atoms with Gasteiger partial charge in [-0.2, -0.15) is 0 Å². The second kappa shape index (κ2) is 6.02. The number of nitro groups is 1. The molecule has 0 spiro atoms. The van der Waals surface area contributed by atoms with Gasteiger partial charge in [0.25, 0.3) is 11.2 Å². The number of nitrogens with zero attached hydrogens (tertiary/aromatic N) is 2. The summed E-state index contributed by atoms with van der Waals surface area (Å²) in [5.74, 6) is 0. The van der Waals surface area contributed by atoms with Crippen molar-refractivity contribution in [2.24, 2.45) is 0 Å². The Labute approximate surface area is 118 Å². The van der Waals surface area contributed by atoms with Crippen molar-refractivity contribution in [1.82, 2.24) is 9.97 Å². The Hall–Kier alpha value is -1.93. The van der Waals surface area contributed by atoms with Gasteiger partial charge in [-0.05, 0) is 12.5 Å². The van der Waals surface area contributed by atoms with Crippen LogP contribution in [0, 0.1) is 10.1 Å². The predicted octanol–water partition coefficient (Wildman–Crippen LogP) is 1.69. The average Bonchev–Trinajstić information content (AvgIpc) is 2.38. The van der Waals surface area contributed by atoms with Gasteiger partial charge in [0.15, 0.2) is 0 Å². The minimum absolute atomic E-state index is 0.0213. The molecule has 2 rings (SSSR count). The second-order valence-corrected chi connectivity index (χ2v) is 5.75. The van der Waals surface area contributed by atoms with Gasteiger partial charge in [-0.15, -0.1) is 11.8 Å². The highest BCUT2D eigenvalue weighted by Crippen LogP contribution is 2.35. The first-order valence-corrected chi connectivity index (χ1v) is 6.84. The fourth-order valence-electron chi connectivity index (χ4n) is 1.78. The van der Waals surface area contributed by atoms with E-state index in [1.54, 1.807) is 6.07 Å². The van der Waals surface area contributed by atoms with Crippen molar-refractivity contribution in [1.29, 1.82) is 0 Å². The largest absolute Gasteiger partial charge is 0.396 e. The van der Waals surface area contributed by atoms with Crippen molar-refractivity contribution in [2.45, 2.75) is 23.5 Å². The summed E-state index contributed by atoms with van der Waals surface area (Å²) in [4.78, 5) is 29.1. The van der Waals surface area contributed by atoms with Gasteiger partial charge in [-0.3, -0.25) is 14.9 Å². The van der Waals surface area contributed by atoms with E-state index >= 15 is 0 Å². The molecule has 106 valence electrons. The van der Waals surface area contributed by atoms with Crippen LogP contribution in [0.1, 0.15) is 13.3 Å². The van der Waals surface area contributed by atoms with E-state index in [0.29, 0.717) is 16.8 Å². The number of aromatic nitrogens is 2. The van der Waals surface area contributed by atoms with Crippen LogP contribution in [0.25, 0.3) is 10.9 Å². The molecule has 0 fully saturated rings. The molecule has 8 heteroatoms. The highest BCUT2D eigenvalue weighted by atomic mass is 32.2. The van der Waals surface area contributed by atoms with Gasteiger partial charge < -0.3 is 10.1 Å². The number of nitrogens with one attached hydrogen (secondary N) is 1. The Bertz CT molecular complexity index is 701. The summed E-state index contributed by atoms with van der Waals surface area (Å²) in [7, 11) is 0. The van der Waals surface area contributed by atoms with Crippen LogP contribution < -0.4 is 5.56 Å². The van der Waals surface area contributed by atoms with Crippen LogP contribution in [-0.4, -0.2) is 31.9 Å². The summed E-state index contributed by atoms with van der Waals surface area (Å²) in [6.45, 7) is 1.90. The molecule has 1 aromatic carbocycles. The molecule has 2 N–H and O–H groups in total. The maximum atomic E-state index is 11.6. The quantitative estimate of drug-likeness (QED) is 0.493. The van der Waals surface area contributed by atoms with Crippen LogP contribution in [0.3, 0.4) is 0 Å². The zero-order valence-electron chi connectivity index (χ0n) is 10.7. The van der Waals surface area contributed by atoms with E-state index in [4.69, 9.17) is 5.11 Å². The lowest BCUT2D eigenvalue weighted by atomic mass is 10.2. The summed E-state index contributed by atoms with van der Waals surface area (Å²) >= 11 is 1.29. The number of aliphatic hydroxyl groups is 1. The molecule has 1 atom stereocenters. The molecule has 1 aromatic heterocycles. The van der Waals surface area contributed by atoms with E-state index in [9.17, 15) is 14.9 Å². The molecule has 20 heavy (non-hydrogen) atoms. The minimum atomic E-state index is -0.514. The number of nitro benzene ring substituents is 1. The van der Waals surface area contributed by atoms with Crippen molar-refractivity contribution >= 4 is 28.4 Å². The van der Waals surface area contributed by atoms with Crippen LogP contribution in [0.2, 0.25) is 0 Å². The fourth-order valence-corrected chi connectivity index (χ4v) is 2.87. The van der Waals surface area contributed by atoms with Crippen LogP contribution in [0.4, 0.5) is 5.69 Å². The van der Waals surface area contributed by atoms with Gasteiger partial charge in [0.2, 0.25) is 0 Å². The lowest BCUT2D eigenvalue weighted by Gasteiger charge is -2.10. The van der Waals surface area contributed by atoms with E-state index in [2.05, 4.69) is 9.97 Å². The van der Waals surface area contributed by atoms with Gasteiger partial charge in [0.1, 0.15) is 0 Å². The van der Waals surface area contributed by atoms with Gasteiger partial charge >= 0.3 is 0 Å². The Morgan fingerprint density at radius 3 is 2.95 bits per heavy atom. The third kappa shape index (κ3) is 2.97. The lowest BCUT2D eigenvalue weighted by molar-refractivity contribution is -0.387. The molecule has 7 nitrogen and oxygen atoms in total. The number of fused-ring (bicyclic) bond motifs is 1. The first-order valence-electron chi connectivity index (χ1n) is 5.96. The second-order valence-electron chi connectivity index (χ2n) is 4.27. The molecule has 0 aliphatic rings. The molecule has 1 heterocycles. The Morgan fingerprint density at radius 1 is 1.55 bits per heavy atom. The standard InChI is InChI=1S/C12H13N3O4S/c1-7(2-3-16)20-11-5-9-8(4-10(11)15(18)19)12(17)14-6-13-9/h4-7,16H,2-3H2,1H3,(H,13,14,17). The highest BCUT2D eigenvalue weighted by molar-refractivity contribution is 8.00. The van der Waals surface area contributed by atoms with Crippen LogP contribution >= 0.6 is 11.8 Å². The Morgan fingerprint density at radius 2 is 2.30 bits per heavy atom. The van der Waals surface area contributed by atoms with E-state index in [0.717, 1.165) is 0 Å². The zero-order valence-corrected chi connectivity index (χ0v) is 11.5. The topological polar surface area (TPSA) is 109 Å². The number of aromatic amines is 1. The van der Waals surface area contributed by atoms with Crippen molar-refractivity contribution in [2.75, 3.05) is 6.61 Å². The number of thioether (sulfide) groups is 1. The van der Waals surface area contributed by atoms with Gasteiger partial charge in [0, 0.05) is 17.9 Å². The SMILES string of the molecule is CC(CCO)Sc1cc2nc[nH]c(=O)c2cc1[N+](=O)[O-]. The van der Waals surface area contributed by atoms with E-state index < -0.39 is 10.5 Å². The van der Waals surface area contributed by atoms with Crippen LogP contribution in [0.15, 0.2) is 28.2 Å². The van der Waals surface area contributed by atoms with Gasteiger partial charge in [-0.25, -0.2) is 4.98 Å². The molecule has 0 saturated carbocycles. The number of rotatable bonds is 5. The summed E-state index contributed by atoms with van der Waals surface area (Å²) in [6.07, 6.45) is 1.80. The Balaban J connectivity index is 2.54. The molecule has 0 aliphatic heterocycles. The molecule has 0 saturated heterocycles. The first kappa shape index (κ1) is 14.5. The predicted molar refractivity (Wildman–Crippen MR) is 76.0 cm³/mol. The maximum absolute atomic E-state index is 11.6. The molecule has 0 bridgehead atoms. The number of hydrogen-bond donors (Lipinski definition) is 2. The fraction of sp³-hybridized carbons (Fsp3) is 0.333. The van der Waals surface area contributed by atoms with E-state index in [1.807, 2.05) is 6.92 Å². The molecule has 0 radical (unpaired) electrons. The molecule has 2 aromatic rings. The summed E-state index contributed by atoms with van der Waals surface area (Å²) in [5.41, 5.74) is -0.109. The smallest absolute Gasteiger partial charge is 0.283 e. The highest BCUT2D eigenvalue weighted by Gasteiger charge is 2.19. The van der Waals surface area contributed by atoms with Crippen LogP contribution in [0.5, 0.6) is 0 Å². The number of hydrogen-bond acceptors (Lipinski definition) is 6. The lowest BCUT2D eigenvalue weighted by Crippen LogP contribution is -2.07. The third-order valence-corrected chi connectivity index (χ3v) is 4.00. The van der Waals surface area contributed by atoms with Gasteiger partial charge in [0.05, 0.1) is 27.0 Å². The van der Waals surface area contributed by atoms with E-state index in [-0.39, 0.29) is 22.9 Å². The van der Waals surface area contributed by atoms with Crippen molar-refractivity contribution in [3.63, 3.8) is 0 Å². The summed E-state index contributed by atoms with van der Waals surface area (Å²) in [6, 6.07) is 2.79. The van der Waals surface area contributed by atoms with Crippen molar-refractivity contribution in [3.05, 3.63) is 38.9 Å². The molecular formula is C12H13N3O4S. The van der Waals surface area contributed by atoms with E-state index in [1.165, 1.54) is 24.2 Å². The molecular weight excluding hydrogens is 282 g/mol. The van der Waals surface area contributed by atoms with Crippen molar-refractivity contribution < 1.29 is 10.0 Å². The summed E-state index contributed by atoms with van der Waals surface area (Å²) in [5, 5.41) is 20.2. The number of H-pyrrole nitrogens is 1. The summed E-state index contributed by atoms with van der Waals surface area (Å²) < 4.78 is 0. The molecule has 0 aliphatic carbocycles. The molecule has 1 unspecified atom stereocenters. The van der Waals surface area contributed by atoms with Crippen LogP contribution in [-0.2, 0) is 0 Å². The minimum Gasteiger partial charge on any atom is -0.396 e. The number of benzene rings is 1.